The monoisotopic (exact) mass is 339 g/mol. The molecule has 0 aliphatic heterocycles. The number of aromatic nitrogens is 1. The van der Waals surface area contributed by atoms with E-state index >= 15 is 0 Å². The molecule has 0 spiro atoms. The predicted molar refractivity (Wildman–Crippen MR) is 86.9 cm³/mol. The van der Waals surface area contributed by atoms with E-state index in [1.165, 1.54) is 17.6 Å². The van der Waals surface area contributed by atoms with Crippen LogP contribution in [0.15, 0.2) is 33.7 Å². The summed E-state index contributed by atoms with van der Waals surface area (Å²) < 4.78 is 5.04. The van der Waals surface area contributed by atoms with Gasteiger partial charge in [-0.25, -0.2) is 4.98 Å². The Morgan fingerprint density at radius 1 is 1.50 bits per heavy atom. The highest BCUT2D eigenvalue weighted by Gasteiger charge is 2.22. The molecule has 0 bridgehead atoms. The van der Waals surface area contributed by atoms with Crippen LogP contribution in [-0.4, -0.2) is 34.8 Å². The van der Waals surface area contributed by atoms with Gasteiger partial charge in [0.25, 0.3) is 5.91 Å². The molecule has 2 aromatic heterocycles. The van der Waals surface area contributed by atoms with Crippen LogP contribution in [0, 0.1) is 0 Å². The first-order valence-electron chi connectivity index (χ1n) is 6.68. The highest BCUT2D eigenvalue weighted by Crippen LogP contribution is 2.06. The summed E-state index contributed by atoms with van der Waals surface area (Å²) in [6, 6.07) is 2.60. The first kappa shape index (κ1) is 16.6. The molecular formula is C14H17N3O3S2. The van der Waals surface area contributed by atoms with Crippen molar-refractivity contribution < 1.29 is 14.0 Å². The summed E-state index contributed by atoms with van der Waals surface area (Å²) >= 11 is 3.10. The molecule has 0 aromatic carbocycles. The van der Waals surface area contributed by atoms with Crippen LogP contribution in [0.5, 0.6) is 0 Å². The number of hydrogen-bond acceptors (Lipinski definition) is 6. The Morgan fingerprint density at radius 3 is 3.00 bits per heavy atom. The van der Waals surface area contributed by atoms with Crippen LogP contribution in [-0.2, 0) is 11.3 Å². The van der Waals surface area contributed by atoms with Gasteiger partial charge in [-0.3, -0.25) is 9.59 Å². The molecule has 0 saturated heterocycles. The molecule has 2 aromatic rings. The first-order chi connectivity index (χ1) is 10.7. The van der Waals surface area contributed by atoms with Gasteiger partial charge in [0.2, 0.25) is 5.91 Å². The van der Waals surface area contributed by atoms with Crippen molar-refractivity contribution >= 4 is 34.9 Å². The first-order valence-corrected chi connectivity index (χ1v) is 9.02. The number of amides is 2. The van der Waals surface area contributed by atoms with E-state index in [0.717, 1.165) is 11.4 Å². The van der Waals surface area contributed by atoms with E-state index in [1.54, 1.807) is 29.4 Å². The van der Waals surface area contributed by atoms with Crippen LogP contribution in [0.25, 0.3) is 0 Å². The molecule has 1 unspecified atom stereocenters. The van der Waals surface area contributed by atoms with Crippen molar-refractivity contribution in [2.24, 2.45) is 0 Å². The number of nitrogens with one attached hydrogen (secondary N) is 2. The lowest BCUT2D eigenvalue weighted by Crippen LogP contribution is -2.46. The molecule has 2 amide bonds. The summed E-state index contributed by atoms with van der Waals surface area (Å²) in [5.74, 6) is 0.357. The van der Waals surface area contributed by atoms with Crippen LogP contribution in [0.3, 0.4) is 0 Å². The standard InChI is InChI=1S/C14H17N3O3S2/c1-21-6-4-11(17-14(19)12-3-2-5-20-12)13(18)15-7-10-8-22-9-16-10/h2-3,5,8-9,11H,4,6-7H2,1H3,(H,15,18)(H,17,19). The van der Waals surface area contributed by atoms with Gasteiger partial charge in [-0.1, -0.05) is 0 Å². The average molecular weight is 339 g/mol. The Balaban J connectivity index is 1.92. The number of thiazole rings is 1. The molecule has 118 valence electrons. The number of furan rings is 1. The minimum Gasteiger partial charge on any atom is -0.459 e. The molecule has 0 radical (unpaired) electrons. The fourth-order valence-electron chi connectivity index (χ4n) is 1.77. The molecule has 2 N–H and O–H groups in total. The quantitative estimate of drug-likeness (QED) is 0.767. The van der Waals surface area contributed by atoms with Crippen molar-refractivity contribution in [2.75, 3.05) is 12.0 Å². The maximum absolute atomic E-state index is 12.3. The Hall–Kier alpha value is -1.80. The number of carbonyl (C=O) groups is 2. The van der Waals surface area contributed by atoms with E-state index in [0.29, 0.717) is 13.0 Å². The molecular weight excluding hydrogens is 322 g/mol. The van der Waals surface area contributed by atoms with Crippen molar-refractivity contribution in [1.82, 2.24) is 15.6 Å². The van der Waals surface area contributed by atoms with Gasteiger partial charge >= 0.3 is 0 Å². The second kappa shape index (κ2) is 8.60. The maximum atomic E-state index is 12.3. The van der Waals surface area contributed by atoms with Gasteiger partial charge in [-0.15, -0.1) is 11.3 Å². The lowest BCUT2D eigenvalue weighted by molar-refractivity contribution is -0.123. The van der Waals surface area contributed by atoms with Gasteiger partial charge in [-0.2, -0.15) is 11.8 Å². The van der Waals surface area contributed by atoms with E-state index in [-0.39, 0.29) is 17.6 Å². The van der Waals surface area contributed by atoms with Gasteiger partial charge in [0.05, 0.1) is 24.0 Å². The normalized spacial score (nSPS) is 11.9. The van der Waals surface area contributed by atoms with Gasteiger partial charge in [0.1, 0.15) is 6.04 Å². The minimum atomic E-state index is -0.594. The molecule has 0 aliphatic rings. The molecule has 0 saturated carbocycles. The van der Waals surface area contributed by atoms with E-state index in [1.807, 2.05) is 11.6 Å². The summed E-state index contributed by atoms with van der Waals surface area (Å²) in [6.45, 7) is 0.356. The number of nitrogens with zero attached hydrogens (tertiary/aromatic N) is 1. The third-order valence-corrected chi connectivity index (χ3v) is 4.18. The van der Waals surface area contributed by atoms with Crippen LogP contribution < -0.4 is 10.6 Å². The Kier molecular flexibility index (Phi) is 6.47. The fraction of sp³-hybridized carbons (Fsp3) is 0.357. The largest absolute Gasteiger partial charge is 0.459 e. The van der Waals surface area contributed by atoms with Gasteiger partial charge in [-0.05, 0) is 30.6 Å². The molecule has 0 aliphatic carbocycles. The number of rotatable bonds is 8. The molecule has 6 nitrogen and oxygen atoms in total. The zero-order valence-corrected chi connectivity index (χ0v) is 13.7. The topological polar surface area (TPSA) is 84.2 Å². The number of hydrogen-bond donors (Lipinski definition) is 2. The maximum Gasteiger partial charge on any atom is 0.287 e. The predicted octanol–water partition coefficient (Wildman–Crippen LogP) is 1.90. The van der Waals surface area contributed by atoms with E-state index in [9.17, 15) is 9.59 Å². The smallest absolute Gasteiger partial charge is 0.287 e. The summed E-state index contributed by atoms with van der Waals surface area (Å²) in [6.07, 6.45) is 3.93. The van der Waals surface area contributed by atoms with Gasteiger partial charge in [0, 0.05) is 5.38 Å². The second-order valence-electron chi connectivity index (χ2n) is 4.48. The molecule has 8 heteroatoms. The molecule has 22 heavy (non-hydrogen) atoms. The van der Waals surface area contributed by atoms with Crippen LogP contribution in [0.1, 0.15) is 22.7 Å². The third-order valence-electron chi connectivity index (χ3n) is 2.90. The van der Waals surface area contributed by atoms with Gasteiger partial charge in [0.15, 0.2) is 5.76 Å². The SMILES string of the molecule is CSCCC(NC(=O)c1ccco1)C(=O)NCc1cscn1. The number of carbonyl (C=O) groups excluding carboxylic acids is 2. The van der Waals surface area contributed by atoms with Crippen molar-refractivity contribution in [3.8, 4) is 0 Å². The van der Waals surface area contributed by atoms with Crippen LogP contribution >= 0.6 is 23.1 Å². The van der Waals surface area contributed by atoms with Crippen molar-refractivity contribution in [2.45, 2.75) is 19.0 Å². The van der Waals surface area contributed by atoms with Crippen molar-refractivity contribution in [1.29, 1.82) is 0 Å². The van der Waals surface area contributed by atoms with E-state index < -0.39 is 6.04 Å². The number of thioether (sulfide) groups is 1. The third kappa shape index (κ3) is 4.88. The lowest BCUT2D eigenvalue weighted by Gasteiger charge is -2.17. The van der Waals surface area contributed by atoms with Crippen LogP contribution in [0.4, 0.5) is 0 Å². The van der Waals surface area contributed by atoms with Crippen molar-refractivity contribution in [3.63, 3.8) is 0 Å². The molecule has 1 atom stereocenters. The summed E-state index contributed by atoms with van der Waals surface area (Å²) in [7, 11) is 0. The van der Waals surface area contributed by atoms with E-state index in [4.69, 9.17) is 4.42 Å². The molecule has 2 heterocycles. The average Bonchev–Trinajstić information content (AvgIpc) is 3.21. The molecule has 2 rings (SSSR count). The second-order valence-corrected chi connectivity index (χ2v) is 6.19. The van der Waals surface area contributed by atoms with E-state index in [2.05, 4.69) is 15.6 Å². The fourth-order valence-corrected chi connectivity index (χ4v) is 2.80. The Bertz CT molecular complexity index is 585. The van der Waals surface area contributed by atoms with Crippen molar-refractivity contribution in [3.05, 3.63) is 40.7 Å². The highest BCUT2D eigenvalue weighted by atomic mass is 32.2. The zero-order chi connectivity index (χ0) is 15.8. The Morgan fingerprint density at radius 2 is 2.36 bits per heavy atom. The highest BCUT2D eigenvalue weighted by molar-refractivity contribution is 7.98. The van der Waals surface area contributed by atoms with Gasteiger partial charge < -0.3 is 15.1 Å². The lowest BCUT2D eigenvalue weighted by atomic mass is 10.2. The summed E-state index contributed by atoms with van der Waals surface area (Å²) in [5.41, 5.74) is 2.52. The summed E-state index contributed by atoms with van der Waals surface area (Å²) in [4.78, 5) is 28.4. The molecule has 0 fully saturated rings. The Labute approximate surface area is 136 Å². The van der Waals surface area contributed by atoms with Crippen LogP contribution in [0.2, 0.25) is 0 Å². The summed E-state index contributed by atoms with van der Waals surface area (Å²) in [5, 5.41) is 7.38. The minimum absolute atomic E-state index is 0.196. The zero-order valence-electron chi connectivity index (χ0n) is 12.1.